The van der Waals surface area contributed by atoms with Crippen LogP contribution in [-0.4, -0.2) is 34.9 Å². The molecule has 1 aromatic rings. The molecule has 2 rings (SSSR count). The summed E-state index contributed by atoms with van der Waals surface area (Å²) in [5.41, 5.74) is 2.66. The van der Waals surface area contributed by atoms with Crippen molar-refractivity contribution < 1.29 is 0 Å². The number of nitrogens with zero attached hydrogens (tertiary/aromatic N) is 3. The zero-order valence-corrected chi connectivity index (χ0v) is 15.8. The Balaban J connectivity index is 0.00000220. The van der Waals surface area contributed by atoms with Crippen LogP contribution in [0.4, 0.5) is 0 Å². The summed E-state index contributed by atoms with van der Waals surface area (Å²) in [6, 6.07) is 0.869. The summed E-state index contributed by atoms with van der Waals surface area (Å²) in [5.74, 6) is 0.923. The van der Waals surface area contributed by atoms with E-state index in [0.717, 1.165) is 38.3 Å². The number of aromatic nitrogens is 2. The van der Waals surface area contributed by atoms with Crippen LogP contribution in [0, 0.1) is 0 Å². The van der Waals surface area contributed by atoms with Crippen LogP contribution in [0.15, 0.2) is 11.2 Å². The van der Waals surface area contributed by atoms with Gasteiger partial charge < -0.3 is 10.6 Å². The van der Waals surface area contributed by atoms with Gasteiger partial charge in [-0.15, -0.1) is 24.0 Å². The van der Waals surface area contributed by atoms with E-state index in [1.807, 2.05) is 0 Å². The third-order valence-corrected chi connectivity index (χ3v) is 3.63. The van der Waals surface area contributed by atoms with E-state index in [1.54, 1.807) is 0 Å². The van der Waals surface area contributed by atoms with Gasteiger partial charge in [0, 0.05) is 37.8 Å². The lowest BCUT2D eigenvalue weighted by Gasteiger charge is -2.24. The zero-order chi connectivity index (χ0) is 14.5. The third kappa shape index (κ3) is 4.86. The predicted molar refractivity (Wildman–Crippen MR) is 98.6 cm³/mol. The largest absolute Gasteiger partial charge is 0.357 e. The quantitative estimate of drug-likeness (QED) is 0.460. The second-order valence-corrected chi connectivity index (χ2v) is 5.61. The van der Waals surface area contributed by atoms with Gasteiger partial charge in [0.2, 0.25) is 0 Å². The Labute approximate surface area is 145 Å². The summed E-state index contributed by atoms with van der Waals surface area (Å²) in [7, 11) is 0. The van der Waals surface area contributed by atoms with Crippen molar-refractivity contribution in [3.05, 3.63) is 17.5 Å². The van der Waals surface area contributed by atoms with Gasteiger partial charge in [-0.3, -0.25) is 9.67 Å². The Morgan fingerprint density at radius 3 is 2.86 bits per heavy atom. The maximum Gasteiger partial charge on any atom is 0.191 e. The van der Waals surface area contributed by atoms with Crippen molar-refractivity contribution in [2.75, 3.05) is 13.1 Å². The molecule has 0 spiro atoms. The van der Waals surface area contributed by atoms with E-state index in [1.165, 1.54) is 11.3 Å². The number of rotatable bonds is 4. The van der Waals surface area contributed by atoms with Gasteiger partial charge >= 0.3 is 0 Å². The molecule has 1 aliphatic rings. The molecule has 5 nitrogen and oxygen atoms in total. The summed E-state index contributed by atoms with van der Waals surface area (Å²) in [5, 5.41) is 11.5. The molecule has 1 aliphatic carbocycles. The molecule has 120 valence electrons. The first-order chi connectivity index (χ1) is 9.63. The first kappa shape index (κ1) is 18.3. The number of hydrogen-bond donors (Lipinski definition) is 2. The third-order valence-electron chi connectivity index (χ3n) is 3.63. The van der Waals surface area contributed by atoms with Crippen molar-refractivity contribution in [2.45, 2.75) is 59.0 Å². The van der Waals surface area contributed by atoms with Crippen molar-refractivity contribution in [1.29, 1.82) is 0 Å². The molecule has 1 heterocycles. The molecule has 6 heteroatoms. The van der Waals surface area contributed by atoms with E-state index in [2.05, 4.69) is 54.2 Å². The molecule has 0 aromatic carbocycles. The highest BCUT2D eigenvalue weighted by atomic mass is 127. The van der Waals surface area contributed by atoms with Gasteiger partial charge in [-0.2, -0.15) is 5.10 Å². The molecular weight excluding hydrogens is 377 g/mol. The number of aliphatic imine (C=N–C) groups is 1. The topological polar surface area (TPSA) is 54.2 Å². The minimum Gasteiger partial charge on any atom is -0.357 e. The summed E-state index contributed by atoms with van der Waals surface area (Å²) in [6.45, 7) is 10.2. The van der Waals surface area contributed by atoms with Gasteiger partial charge in [0.25, 0.3) is 0 Å². The molecule has 1 unspecified atom stereocenters. The van der Waals surface area contributed by atoms with Crippen LogP contribution < -0.4 is 10.6 Å². The zero-order valence-electron chi connectivity index (χ0n) is 13.5. The fraction of sp³-hybridized carbons (Fsp3) is 0.733. The molecule has 0 saturated heterocycles. The van der Waals surface area contributed by atoms with E-state index in [4.69, 9.17) is 5.10 Å². The molecule has 0 amide bonds. The highest BCUT2D eigenvalue weighted by molar-refractivity contribution is 14.0. The molecular formula is C15H28IN5. The monoisotopic (exact) mass is 405 g/mol. The standard InChI is InChI=1S/C15H27N5.HI/c1-5-16-15(17-6-2)18-13-8-7-12-10-20(11(3)4)19-14(12)9-13;/h10-11,13H,5-9H2,1-4H3,(H2,16,17,18);1H. The van der Waals surface area contributed by atoms with Crippen LogP contribution in [-0.2, 0) is 12.8 Å². The van der Waals surface area contributed by atoms with Gasteiger partial charge in [-0.1, -0.05) is 0 Å². The summed E-state index contributed by atoms with van der Waals surface area (Å²) < 4.78 is 2.08. The van der Waals surface area contributed by atoms with E-state index < -0.39 is 0 Å². The lowest BCUT2D eigenvalue weighted by atomic mass is 9.94. The number of guanidine groups is 1. The SMILES string of the molecule is CCN=C(NCC)NC1CCc2cn(C(C)C)nc2C1.I. The average Bonchev–Trinajstić information content (AvgIpc) is 2.82. The molecule has 0 aliphatic heterocycles. The number of halogens is 1. The Kier molecular flexibility index (Phi) is 7.48. The van der Waals surface area contributed by atoms with Crippen molar-refractivity contribution >= 4 is 29.9 Å². The van der Waals surface area contributed by atoms with Crippen molar-refractivity contribution in [3.8, 4) is 0 Å². The summed E-state index contributed by atoms with van der Waals surface area (Å²) in [6.07, 6.45) is 5.45. The van der Waals surface area contributed by atoms with E-state index >= 15 is 0 Å². The number of hydrogen-bond acceptors (Lipinski definition) is 2. The smallest absolute Gasteiger partial charge is 0.191 e. The fourth-order valence-electron chi connectivity index (χ4n) is 2.57. The highest BCUT2D eigenvalue weighted by Crippen LogP contribution is 2.21. The normalized spacial score (nSPS) is 18.1. The number of nitrogens with one attached hydrogen (secondary N) is 2. The van der Waals surface area contributed by atoms with Crippen LogP contribution in [0.1, 0.15) is 51.4 Å². The molecule has 0 fully saturated rings. The minimum absolute atomic E-state index is 0. The molecule has 21 heavy (non-hydrogen) atoms. The number of aryl methyl sites for hydroxylation is 1. The van der Waals surface area contributed by atoms with Crippen LogP contribution in [0.2, 0.25) is 0 Å². The van der Waals surface area contributed by atoms with Gasteiger partial charge in [0.05, 0.1) is 5.69 Å². The van der Waals surface area contributed by atoms with Crippen LogP contribution in [0.3, 0.4) is 0 Å². The van der Waals surface area contributed by atoms with Crippen molar-refractivity contribution in [3.63, 3.8) is 0 Å². The fourth-order valence-corrected chi connectivity index (χ4v) is 2.57. The summed E-state index contributed by atoms with van der Waals surface area (Å²) >= 11 is 0. The van der Waals surface area contributed by atoms with Crippen LogP contribution >= 0.6 is 24.0 Å². The van der Waals surface area contributed by atoms with Crippen LogP contribution in [0.25, 0.3) is 0 Å². The Morgan fingerprint density at radius 1 is 1.48 bits per heavy atom. The Hall–Kier alpha value is -0.790. The molecule has 2 N–H and O–H groups in total. The van der Waals surface area contributed by atoms with Gasteiger partial charge in [0.15, 0.2) is 5.96 Å². The highest BCUT2D eigenvalue weighted by Gasteiger charge is 2.22. The summed E-state index contributed by atoms with van der Waals surface area (Å²) in [4.78, 5) is 4.47. The molecule has 1 aromatic heterocycles. The van der Waals surface area contributed by atoms with E-state index in [-0.39, 0.29) is 24.0 Å². The second kappa shape index (κ2) is 8.60. The lowest BCUT2D eigenvalue weighted by Crippen LogP contribution is -2.45. The van der Waals surface area contributed by atoms with E-state index in [0.29, 0.717) is 12.1 Å². The van der Waals surface area contributed by atoms with Gasteiger partial charge in [-0.25, -0.2) is 0 Å². The molecule has 0 saturated carbocycles. The van der Waals surface area contributed by atoms with Gasteiger partial charge in [-0.05, 0) is 46.1 Å². The maximum atomic E-state index is 4.72. The van der Waals surface area contributed by atoms with Gasteiger partial charge in [0.1, 0.15) is 0 Å². The first-order valence-electron chi connectivity index (χ1n) is 7.75. The average molecular weight is 405 g/mol. The first-order valence-corrected chi connectivity index (χ1v) is 7.75. The van der Waals surface area contributed by atoms with Crippen molar-refractivity contribution in [2.24, 2.45) is 4.99 Å². The lowest BCUT2D eigenvalue weighted by molar-refractivity contribution is 0.499. The van der Waals surface area contributed by atoms with Crippen molar-refractivity contribution in [1.82, 2.24) is 20.4 Å². The number of fused-ring (bicyclic) bond motifs is 1. The maximum absolute atomic E-state index is 4.72. The molecule has 1 atom stereocenters. The predicted octanol–water partition coefficient (Wildman–Crippen LogP) is 2.51. The van der Waals surface area contributed by atoms with Crippen LogP contribution in [0.5, 0.6) is 0 Å². The molecule has 0 bridgehead atoms. The Bertz CT molecular complexity index is 467. The Morgan fingerprint density at radius 2 is 2.24 bits per heavy atom. The second-order valence-electron chi connectivity index (χ2n) is 5.61. The van der Waals surface area contributed by atoms with E-state index in [9.17, 15) is 0 Å². The minimum atomic E-state index is 0. The molecule has 0 radical (unpaired) electrons.